The van der Waals surface area contributed by atoms with Crippen molar-refractivity contribution in [1.82, 2.24) is 0 Å². The number of methoxy groups -OCH3 is 1. The lowest BCUT2D eigenvalue weighted by Crippen LogP contribution is -2.20. The summed E-state index contributed by atoms with van der Waals surface area (Å²) in [7, 11) is 1.64. The van der Waals surface area contributed by atoms with Crippen molar-refractivity contribution < 1.29 is 9.84 Å². The normalized spacial score (nSPS) is 13.8. The second-order valence-corrected chi connectivity index (χ2v) is 4.97. The first kappa shape index (κ1) is 14.6. The lowest BCUT2D eigenvalue weighted by Gasteiger charge is -2.22. The molecular formula is C17H21NO2. The van der Waals surface area contributed by atoms with E-state index in [1.54, 1.807) is 7.11 Å². The number of ether oxygens (including phenoxy) is 1. The number of aliphatic hydroxyl groups is 1. The highest BCUT2D eigenvalue weighted by Gasteiger charge is 2.21. The SMILES string of the molecule is COc1ccc(C(CN)C(O)c2cccc(C)c2)cc1. The fourth-order valence-electron chi connectivity index (χ4n) is 2.38. The van der Waals surface area contributed by atoms with E-state index in [4.69, 9.17) is 10.5 Å². The monoisotopic (exact) mass is 271 g/mol. The molecule has 0 saturated heterocycles. The number of rotatable bonds is 5. The molecule has 0 fully saturated rings. The molecular weight excluding hydrogens is 250 g/mol. The van der Waals surface area contributed by atoms with Gasteiger partial charge in [-0.05, 0) is 30.2 Å². The summed E-state index contributed by atoms with van der Waals surface area (Å²) in [6.07, 6.45) is -0.603. The minimum absolute atomic E-state index is 0.122. The van der Waals surface area contributed by atoms with Crippen molar-refractivity contribution in [2.45, 2.75) is 18.9 Å². The molecule has 20 heavy (non-hydrogen) atoms. The highest BCUT2D eigenvalue weighted by Crippen LogP contribution is 2.31. The molecule has 0 radical (unpaired) electrons. The van der Waals surface area contributed by atoms with Crippen LogP contribution in [0.15, 0.2) is 48.5 Å². The third-order valence-electron chi connectivity index (χ3n) is 3.56. The van der Waals surface area contributed by atoms with Gasteiger partial charge in [0.15, 0.2) is 0 Å². The Morgan fingerprint density at radius 1 is 1.10 bits per heavy atom. The van der Waals surface area contributed by atoms with Gasteiger partial charge in [0, 0.05) is 12.5 Å². The minimum atomic E-state index is -0.603. The van der Waals surface area contributed by atoms with Crippen LogP contribution in [0, 0.1) is 6.92 Å². The Bertz CT molecular complexity index is 551. The molecule has 0 spiro atoms. The topological polar surface area (TPSA) is 55.5 Å². The second-order valence-electron chi connectivity index (χ2n) is 4.97. The van der Waals surface area contributed by atoms with Crippen molar-refractivity contribution in [3.63, 3.8) is 0 Å². The smallest absolute Gasteiger partial charge is 0.118 e. The van der Waals surface area contributed by atoms with E-state index in [9.17, 15) is 5.11 Å². The highest BCUT2D eigenvalue weighted by atomic mass is 16.5. The molecule has 2 aromatic carbocycles. The summed E-state index contributed by atoms with van der Waals surface area (Å²) in [5, 5.41) is 10.6. The maximum atomic E-state index is 10.6. The average Bonchev–Trinajstić information content (AvgIpc) is 2.48. The van der Waals surface area contributed by atoms with Crippen LogP contribution in [-0.2, 0) is 0 Å². The quantitative estimate of drug-likeness (QED) is 0.879. The lowest BCUT2D eigenvalue weighted by atomic mass is 9.89. The van der Waals surface area contributed by atoms with Crippen LogP contribution in [0.4, 0.5) is 0 Å². The molecule has 0 aromatic heterocycles. The zero-order valence-electron chi connectivity index (χ0n) is 11.9. The van der Waals surface area contributed by atoms with Gasteiger partial charge in [0.05, 0.1) is 13.2 Å². The Morgan fingerprint density at radius 2 is 1.80 bits per heavy atom. The lowest BCUT2D eigenvalue weighted by molar-refractivity contribution is 0.147. The third-order valence-corrected chi connectivity index (χ3v) is 3.56. The van der Waals surface area contributed by atoms with Gasteiger partial charge in [-0.1, -0.05) is 42.0 Å². The van der Waals surface area contributed by atoms with Gasteiger partial charge in [0.25, 0.3) is 0 Å². The van der Waals surface area contributed by atoms with Crippen LogP contribution >= 0.6 is 0 Å². The van der Waals surface area contributed by atoms with E-state index in [2.05, 4.69) is 0 Å². The van der Waals surface area contributed by atoms with Crippen molar-refractivity contribution in [1.29, 1.82) is 0 Å². The zero-order valence-corrected chi connectivity index (χ0v) is 11.9. The number of aliphatic hydroxyl groups excluding tert-OH is 1. The Balaban J connectivity index is 2.26. The summed E-state index contributed by atoms with van der Waals surface area (Å²) in [4.78, 5) is 0. The molecule has 0 heterocycles. The molecule has 3 N–H and O–H groups in total. The Labute approximate surface area is 120 Å². The van der Waals surface area contributed by atoms with Gasteiger partial charge in [-0.15, -0.1) is 0 Å². The van der Waals surface area contributed by atoms with E-state index >= 15 is 0 Å². The minimum Gasteiger partial charge on any atom is -0.497 e. The van der Waals surface area contributed by atoms with Gasteiger partial charge in [-0.2, -0.15) is 0 Å². The van der Waals surface area contributed by atoms with Crippen molar-refractivity contribution >= 4 is 0 Å². The van der Waals surface area contributed by atoms with E-state index in [1.807, 2.05) is 55.5 Å². The van der Waals surface area contributed by atoms with Crippen molar-refractivity contribution in [3.05, 3.63) is 65.2 Å². The van der Waals surface area contributed by atoms with Crippen LogP contribution in [0.5, 0.6) is 5.75 Å². The number of nitrogens with two attached hydrogens (primary N) is 1. The van der Waals surface area contributed by atoms with Gasteiger partial charge >= 0.3 is 0 Å². The number of aryl methyl sites for hydroxylation is 1. The predicted molar refractivity (Wildman–Crippen MR) is 80.9 cm³/mol. The zero-order chi connectivity index (χ0) is 14.5. The van der Waals surface area contributed by atoms with Crippen LogP contribution in [0.3, 0.4) is 0 Å². The van der Waals surface area contributed by atoms with Crippen LogP contribution in [0.25, 0.3) is 0 Å². The summed E-state index contributed by atoms with van der Waals surface area (Å²) in [5.41, 5.74) is 8.91. The fraction of sp³-hybridized carbons (Fsp3) is 0.294. The number of hydrogen-bond acceptors (Lipinski definition) is 3. The van der Waals surface area contributed by atoms with Crippen molar-refractivity contribution in [3.8, 4) is 5.75 Å². The standard InChI is InChI=1S/C17H21NO2/c1-12-4-3-5-14(10-12)17(19)16(11-18)13-6-8-15(20-2)9-7-13/h3-10,16-17,19H,11,18H2,1-2H3. The largest absolute Gasteiger partial charge is 0.497 e. The van der Waals surface area contributed by atoms with E-state index in [-0.39, 0.29) is 5.92 Å². The fourth-order valence-corrected chi connectivity index (χ4v) is 2.38. The molecule has 0 amide bonds. The number of benzene rings is 2. The van der Waals surface area contributed by atoms with Crippen LogP contribution in [0.2, 0.25) is 0 Å². The molecule has 3 nitrogen and oxygen atoms in total. The second kappa shape index (κ2) is 6.55. The van der Waals surface area contributed by atoms with Crippen LogP contribution in [0.1, 0.15) is 28.7 Å². The summed E-state index contributed by atoms with van der Waals surface area (Å²) in [5.74, 6) is 0.678. The average molecular weight is 271 g/mol. The summed E-state index contributed by atoms with van der Waals surface area (Å²) in [6, 6.07) is 15.6. The molecule has 2 unspecified atom stereocenters. The van der Waals surface area contributed by atoms with E-state index in [0.717, 1.165) is 22.4 Å². The molecule has 3 heteroatoms. The van der Waals surface area contributed by atoms with Crippen LogP contribution in [-0.4, -0.2) is 18.8 Å². The van der Waals surface area contributed by atoms with Crippen molar-refractivity contribution in [2.24, 2.45) is 5.73 Å². The summed E-state index contributed by atoms with van der Waals surface area (Å²) >= 11 is 0. The predicted octanol–water partition coefficient (Wildman–Crippen LogP) is 2.78. The Hall–Kier alpha value is -1.84. The maximum Gasteiger partial charge on any atom is 0.118 e. The molecule has 0 aliphatic heterocycles. The van der Waals surface area contributed by atoms with Gasteiger partial charge in [-0.3, -0.25) is 0 Å². The van der Waals surface area contributed by atoms with Gasteiger partial charge in [-0.25, -0.2) is 0 Å². The highest BCUT2D eigenvalue weighted by molar-refractivity contribution is 5.33. The summed E-state index contributed by atoms with van der Waals surface area (Å²) in [6.45, 7) is 2.41. The van der Waals surface area contributed by atoms with E-state index < -0.39 is 6.10 Å². The Morgan fingerprint density at radius 3 is 2.35 bits per heavy atom. The third kappa shape index (κ3) is 3.18. The van der Waals surface area contributed by atoms with Crippen molar-refractivity contribution in [2.75, 3.05) is 13.7 Å². The van der Waals surface area contributed by atoms with Gasteiger partial charge < -0.3 is 15.6 Å². The Kier molecular flexibility index (Phi) is 4.77. The molecule has 2 rings (SSSR count). The molecule has 0 aliphatic rings. The first-order valence-corrected chi connectivity index (χ1v) is 6.74. The molecule has 2 aromatic rings. The summed E-state index contributed by atoms with van der Waals surface area (Å²) < 4.78 is 5.15. The maximum absolute atomic E-state index is 10.6. The van der Waals surface area contributed by atoms with E-state index in [0.29, 0.717) is 6.54 Å². The van der Waals surface area contributed by atoms with E-state index in [1.165, 1.54) is 0 Å². The molecule has 106 valence electrons. The first-order chi connectivity index (χ1) is 9.65. The first-order valence-electron chi connectivity index (χ1n) is 6.74. The molecule has 2 atom stereocenters. The molecule has 0 aliphatic carbocycles. The number of hydrogen-bond donors (Lipinski definition) is 2. The van der Waals surface area contributed by atoms with Crippen LogP contribution < -0.4 is 10.5 Å². The molecule has 0 saturated carbocycles. The van der Waals surface area contributed by atoms with Gasteiger partial charge in [0.1, 0.15) is 5.75 Å². The molecule has 0 bridgehead atoms. The van der Waals surface area contributed by atoms with Gasteiger partial charge in [0.2, 0.25) is 0 Å².